The Labute approximate surface area is 228 Å². The minimum Gasteiger partial charge on any atom is -0.465 e. The van der Waals surface area contributed by atoms with E-state index < -0.39 is 5.97 Å². The number of anilines is 1. The summed E-state index contributed by atoms with van der Waals surface area (Å²) in [7, 11) is 1.40. The van der Waals surface area contributed by atoms with E-state index in [0.717, 1.165) is 59.0 Å². The molecule has 2 aromatic carbocycles. The maximum atomic E-state index is 13.8. The molecule has 1 aliphatic carbocycles. The first-order valence-electron chi connectivity index (χ1n) is 13.2. The van der Waals surface area contributed by atoms with Crippen molar-refractivity contribution >= 4 is 39.1 Å². The van der Waals surface area contributed by atoms with Crippen LogP contribution in [0.25, 0.3) is 22.2 Å². The SMILES string of the molecule is CCC(C)(C)C1CCc2c(sc(NC(=O)c3cc(-c4cccc(C)c4)nc4ccccc34)c2C(=O)OC)C1. The fourth-order valence-electron chi connectivity index (χ4n) is 5.43. The van der Waals surface area contributed by atoms with Gasteiger partial charge >= 0.3 is 5.97 Å². The zero-order valence-electron chi connectivity index (χ0n) is 22.7. The number of methoxy groups -OCH3 is 1. The molecule has 196 valence electrons. The van der Waals surface area contributed by atoms with Gasteiger partial charge in [0.2, 0.25) is 0 Å². The van der Waals surface area contributed by atoms with Crippen LogP contribution >= 0.6 is 11.3 Å². The van der Waals surface area contributed by atoms with Gasteiger partial charge in [0.25, 0.3) is 5.91 Å². The maximum absolute atomic E-state index is 13.8. The van der Waals surface area contributed by atoms with E-state index >= 15 is 0 Å². The average Bonchev–Trinajstić information content (AvgIpc) is 3.28. The van der Waals surface area contributed by atoms with Crippen molar-refractivity contribution in [1.29, 1.82) is 0 Å². The highest BCUT2D eigenvalue weighted by Gasteiger charge is 2.35. The molecular weight excluding hydrogens is 492 g/mol. The number of nitrogens with zero attached hydrogens (tertiary/aromatic N) is 1. The number of carbonyl (C=O) groups is 2. The smallest absolute Gasteiger partial charge is 0.341 e. The van der Waals surface area contributed by atoms with Crippen molar-refractivity contribution in [2.24, 2.45) is 11.3 Å². The molecule has 1 aliphatic rings. The molecule has 5 rings (SSSR count). The third kappa shape index (κ3) is 4.85. The predicted molar refractivity (Wildman–Crippen MR) is 155 cm³/mol. The van der Waals surface area contributed by atoms with Crippen molar-refractivity contribution in [2.75, 3.05) is 12.4 Å². The van der Waals surface area contributed by atoms with Crippen molar-refractivity contribution in [2.45, 2.75) is 53.4 Å². The second-order valence-corrected chi connectivity index (χ2v) is 12.0. The summed E-state index contributed by atoms with van der Waals surface area (Å²) in [5.74, 6) is -0.119. The summed E-state index contributed by atoms with van der Waals surface area (Å²) in [4.78, 5) is 32.8. The molecule has 5 nitrogen and oxygen atoms in total. The van der Waals surface area contributed by atoms with Crippen LogP contribution in [0.15, 0.2) is 54.6 Å². The number of benzene rings is 2. The van der Waals surface area contributed by atoms with Crippen molar-refractivity contribution in [3.8, 4) is 11.3 Å². The van der Waals surface area contributed by atoms with E-state index in [1.807, 2.05) is 55.5 Å². The second-order valence-electron chi connectivity index (χ2n) is 10.9. The molecule has 2 heterocycles. The summed E-state index contributed by atoms with van der Waals surface area (Å²) in [6.45, 7) is 8.91. The first-order chi connectivity index (χ1) is 18.2. The molecule has 0 fully saturated rings. The lowest BCUT2D eigenvalue weighted by Crippen LogP contribution is -2.28. The van der Waals surface area contributed by atoms with Gasteiger partial charge < -0.3 is 10.1 Å². The van der Waals surface area contributed by atoms with Gasteiger partial charge in [-0.3, -0.25) is 4.79 Å². The molecule has 0 saturated heterocycles. The molecule has 1 unspecified atom stereocenters. The number of aromatic nitrogens is 1. The molecule has 1 atom stereocenters. The van der Waals surface area contributed by atoms with Crippen LogP contribution in [0.1, 0.15) is 70.3 Å². The Morgan fingerprint density at radius 1 is 1.13 bits per heavy atom. The van der Waals surface area contributed by atoms with Gasteiger partial charge in [-0.05, 0) is 61.3 Å². The molecule has 6 heteroatoms. The number of pyridine rings is 1. The monoisotopic (exact) mass is 526 g/mol. The first kappa shape index (κ1) is 26.1. The number of carbonyl (C=O) groups excluding carboxylic acids is 2. The summed E-state index contributed by atoms with van der Waals surface area (Å²) in [5.41, 5.74) is 5.85. The first-order valence-corrected chi connectivity index (χ1v) is 14.0. The van der Waals surface area contributed by atoms with Gasteiger partial charge in [-0.2, -0.15) is 0 Å². The Balaban J connectivity index is 1.55. The van der Waals surface area contributed by atoms with Crippen LogP contribution in [-0.2, 0) is 17.6 Å². The molecule has 0 spiro atoms. The number of amides is 1. The molecule has 38 heavy (non-hydrogen) atoms. The highest BCUT2D eigenvalue weighted by atomic mass is 32.1. The lowest BCUT2D eigenvalue weighted by atomic mass is 9.69. The Kier molecular flexibility index (Phi) is 7.10. The lowest BCUT2D eigenvalue weighted by molar-refractivity contribution is 0.0600. The number of thiophene rings is 1. The minimum absolute atomic E-state index is 0.221. The fourth-order valence-corrected chi connectivity index (χ4v) is 6.74. The van der Waals surface area contributed by atoms with E-state index in [1.54, 1.807) is 0 Å². The van der Waals surface area contributed by atoms with Gasteiger partial charge in [0.05, 0.1) is 29.4 Å². The van der Waals surface area contributed by atoms with E-state index in [2.05, 4.69) is 32.2 Å². The lowest BCUT2D eigenvalue weighted by Gasteiger charge is -2.36. The minimum atomic E-state index is -0.397. The standard InChI is InChI=1S/C32H34N2O3S/c1-6-32(3,4)21-14-15-23-27(17-21)38-30(28(23)31(36)37-5)34-29(35)24-18-26(20-11-9-10-19(2)16-20)33-25-13-8-7-12-22(24)25/h7-13,16,18,21H,6,14-15,17H2,1-5H3,(H,34,35). The third-order valence-corrected chi connectivity index (χ3v) is 9.34. The molecule has 0 saturated carbocycles. The number of aryl methyl sites for hydroxylation is 1. The molecule has 1 N–H and O–H groups in total. The van der Waals surface area contributed by atoms with Gasteiger partial charge in [0, 0.05) is 15.8 Å². The summed E-state index contributed by atoms with van der Waals surface area (Å²) in [5, 5.41) is 4.44. The highest BCUT2D eigenvalue weighted by molar-refractivity contribution is 7.17. The molecule has 2 aromatic heterocycles. The second kappa shape index (κ2) is 10.3. The quantitative estimate of drug-likeness (QED) is 0.260. The molecule has 0 aliphatic heterocycles. The Morgan fingerprint density at radius 2 is 1.92 bits per heavy atom. The van der Waals surface area contributed by atoms with E-state index in [9.17, 15) is 9.59 Å². The van der Waals surface area contributed by atoms with Crippen molar-refractivity contribution < 1.29 is 14.3 Å². The van der Waals surface area contributed by atoms with Gasteiger partial charge in [-0.15, -0.1) is 11.3 Å². The molecule has 1 amide bonds. The van der Waals surface area contributed by atoms with Crippen molar-refractivity contribution in [3.63, 3.8) is 0 Å². The topological polar surface area (TPSA) is 68.3 Å². The zero-order chi connectivity index (χ0) is 27.0. The number of hydrogen-bond acceptors (Lipinski definition) is 5. The highest BCUT2D eigenvalue weighted by Crippen LogP contribution is 2.46. The Bertz CT molecular complexity index is 1540. The van der Waals surface area contributed by atoms with Gasteiger partial charge in [-0.1, -0.05) is 69.2 Å². The summed E-state index contributed by atoms with van der Waals surface area (Å²) in [6.07, 6.45) is 3.85. The Morgan fingerprint density at radius 3 is 2.66 bits per heavy atom. The van der Waals surface area contributed by atoms with Crippen LogP contribution in [0.3, 0.4) is 0 Å². The number of hydrogen-bond donors (Lipinski definition) is 1. The number of ether oxygens (including phenoxy) is 1. The predicted octanol–water partition coefficient (Wildman–Crippen LogP) is 7.85. The number of nitrogens with one attached hydrogen (secondary N) is 1. The average molecular weight is 527 g/mol. The van der Waals surface area contributed by atoms with Crippen LogP contribution < -0.4 is 5.32 Å². The van der Waals surface area contributed by atoms with Crippen LogP contribution in [0.5, 0.6) is 0 Å². The van der Waals surface area contributed by atoms with Crippen LogP contribution in [0.2, 0.25) is 0 Å². The third-order valence-electron chi connectivity index (χ3n) is 8.17. The van der Waals surface area contributed by atoms with E-state index in [-0.39, 0.29) is 11.3 Å². The van der Waals surface area contributed by atoms with Gasteiger partial charge in [0.1, 0.15) is 5.00 Å². The molecule has 0 bridgehead atoms. The zero-order valence-corrected chi connectivity index (χ0v) is 23.5. The van der Waals surface area contributed by atoms with Gasteiger partial charge in [0.15, 0.2) is 0 Å². The summed E-state index contributed by atoms with van der Waals surface area (Å²) in [6, 6.07) is 17.6. The van der Waals surface area contributed by atoms with Crippen LogP contribution in [0.4, 0.5) is 5.00 Å². The van der Waals surface area contributed by atoms with E-state index in [0.29, 0.717) is 22.0 Å². The number of fused-ring (bicyclic) bond motifs is 2. The maximum Gasteiger partial charge on any atom is 0.341 e. The van der Waals surface area contributed by atoms with Crippen LogP contribution in [0, 0.1) is 18.3 Å². The molecule has 0 radical (unpaired) electrons. The molecule has 4 aromatic rings. The fraction of sp³-hybridized carbons (Fsp3) is 0.344. The summed E-state index contributed by atoms with van der Waals surface area (Å²) >= 11 is 1.52. The Hall–Kier alpha value is -3.51. The van der Waals surface area contributed by atoms with E-state index in [1.165, 1.54) is 23.3 Å². The van der Waals surface area contributed by atoms with Gasteiger partial charge in [-0.25, -0.2) is 9.78 Å². The normalized spacial score (nSPS) is 15.2. The molecular formula is C32H34N2O3S. The number of esters is 1. The van der Waals surface area contributed by atoms with Crippen LogP contribution in [-0.4, -0.2) is 24.0 Å². The summed E-state index contributed by atoms with van der Waals surface area (Å²) < 4.78 is 5.17. The van der Waals surface area contributed by atoms with E-state index in [4.69, 9.17) is 9.72 Å². The number of para-hydroxylation sites is 1. The van der Waals surface area contributed by atoms with Crippen molar-refractivity contribution in [3.05, 3.63) is 81.7 Å². The number of rotatable bonds is 6. The van der Waals surface area contributed by atoms with Crippen molar-refractivity contribution in [1.82, 2.24) is 4.98 Å². The largest absolute Gasteiger partial charge is 0.465 e.